The lowest BCUT2D eigenvalue weighted by Crippen LogP contribution is -2.05. The van der Waals surface area contributed by atoms with Gasteiger partial charge in [-0.25, -0.2) is 0 Å². The summed E-state index contributed by atoms with van der Waals surface area (Å²) in [5.74, 6) is 0.460. The molecule has 2 N–H and O–H groups in total. The smallest absolute Gasteiger partial charge is 0.161 e. The third-order valence-corrected chi connectivity index (χ3v) is 4.11. The Kier molecular flexibility index (Phi) is 8.03. The van der Waals surface area contributed by atoms with E-state index in [-0.39, 0.29) is 42.3 Å². The highest BCUT2D eigenvalue weighted by atomic mass is 16.5. The van der Waals surface area contributed by atoms with E-state index in [1.807, 2.05) is 0 Å². The first kappa shape index (κ1) is 21.8. The summed E-state index contributed by atoms with van der Waals surface area (Å²) in [7, 11) is 2.93. The van der Waals surface area contributed by atoms with E-state index in [0.717, 1.165) is 11.1 Å². The fourth-order valence-corrected chi connectivity index (χ4v) is 2.61. The van der Waals surface area contributed by atoms with Crippen molar-refractivity contribution in [2.75, 3.05) is 14.2 Å². The Bertz CT molecular complexity index is 851. The lowest BCUT2D eigenvalue weighted by Gasteiger charge is -2.03. The van der Waals surface area contributed by atoms with E-state index in [9.17, 15) is 19.8 Å². The number of aromatic hydroxyl groups is 2. The topological polar surface area (TPSA) is 93.1 Å². The molecule has 2 aromatic carbocycles. The van der Waals surface area contributed by atoms with Crippen LogP contribution in [0.3, 0.4) is 0 Å². The van der Waals surface area contributed by atoms with Crippen molar-refractivity contribution in [3.8, 4) is 23.0 Å². The summed E-state index contributed by atoms with van der Waals surface area (Å²) >= 11 is 0. The fraction of sp³-hybridized carbons (Fsp3) is 0.217. The van der Waals surface area contributed by atoms with E-state index in [0.29, 0.717) is 11.5 Å². The molecule has 0 unspecified atom stereocenters. The molecule has 6 nitrogen and oxygen atoms in total. The van der Waals surface area contributed by atoms with Gasteiger partial charge in [0.25, 0.3) is 0 Å². The van der Waals surface area contributed by atoms with Crippen molar-refractivity contribution in [2.24, 2.45) is 0 Å². The first-order valence-corrected chi connectivity index (χ1v) is 9.03. The van der Waals surface area contributed by atoms with Gasteiger partial charge in [-0.2, -0.15) is 0 Å². The lowest BCUT2D eigenvalue weighted by molar-refractivity contribution is -0.126. The summed E-state index contributed by atoms with van der Waals surface area (Å²) in [4.78, 5) is 23.9. The van der Waals surface area contributed by atoms with E-state index in [1.54, 1.807) is 48.6 Å². The summed E-state index contributed by atoms with van der Waals surface area (Å²) in [6.07, 6.45) is 7.00. The molecule has 0 amide bonds. The molecular weight excluding hydrogens is 372 g/mol. The predicted molar refractivity (Wildman–Crippen MR) is 111 cm³/mol. The summed E-state index contributed by atoms with van der Waals surface area (Å²) in [5.41, 5.74) is 1.57. The van der Waals surface area contributed by atoms with Gasteiger partial charge in [-0.05, 0) is 35.4 Å². The van der Waals surface area contributed by atoms with Crippen LogP contribution in [-0.2, 0) is 9.59 Å². The zero-order valence-corrected chi connectivity index (χ0v) is 16.4. The minimum absolute atomic E-state index is 0.0464. The number of carbonyl (C=O) groups excluding carboxylic acids is 2. The molecule has 0 aliphatic carbocycles. The van der Waals surface area contributed by atoms with Gasteiger partial charge in [0.15, 0.2) is 23.0 Å². The van der Waals surface area contributed by atoms with Gasteiger partial charge >= 0.3 is 0 Å². The van der Waals surface area contributed by atoms with Crippen molar-refractivity contribution in [2.45, 2.75) is 19.3 Å². The molecule has 0 spiro atoms. The normalized spacial score (nSPS) is 11.1. The predicted octanol–water partition coefficient (Wildman–Crippen LogP) is 4.15. The molecule has 6 heteroatoms. The van der Waals surface area contributed by atoms with Crippen LogP contribution in [0.5, 0.6) is 23.0 Å². The van der Waals surface area contributed by atoms with Crippen LogP contribution in [-0.4, -0.2) is 36.0 Å². The van der Waals surface area contributed by atoms with Crippen molar-refractivity contribution >= 4 is 23.7 Å². The molecule has 0 aromatic heterocycles. The number of rotatable bonds is 10. The van der Waals surface area contributed by atoms with Crippen LogP contribution in [0.2, 0.25) is 0 Å². The Morgan fingerprint density at radius 1 is 0.793 bits per heavy atom. The highest BCUT2D eigenvalue weighted by Gasteiger charge is 2.07. The second-order valence-corrected chi connectivity index (χ2v) is 6.33. The number of benzene rings is 2. The third kappa shape index (κ3) is 6.84. The van der Waals surface area contributed by atoms with E-state index >= 15 is 0 Å². The Morgan fingerprint density at radius 3 is 1.59 bits per heavy atom. The van der Waals surface area contributed by atoms with Crippen LogP contribution in [0.4, 0.5) is 0 Å². The Balaban J connectivity index is 1.81. The minimum atomic E-state index is -0.170. The number of ether oxygens (including phenoxy) is 2. The van der Waals surface area contributed by atoms with E-state index in [2.05, 4.69) is 0 Å². The van der Waals surface area contributed by atoms with Crippen molar-refractivity contribution < 1.29 is 29.3 Å². The monoisotopic (exact) mass is 396 g/mol. The molecule has 0 atom stereocenters. The largest absolute Gasteiger partial charge is 0.504 e. The summed E-state index contributed by atoms with van der Waals surface area (Å²) in [6, 6.07) is 9.75. The zero-order chi connectivity index (χ0) is 21.2. The molecule has 29 heavy (non-hydrogen) atoms. The van der Waals surface area contributed by atoms with E-state index in [1.165, 1.54) is 26.4 Å². The molecular formula is C23H24O6. The summed E-state index contributed by atoms with van der Waals surface area (Å²) in [6.45, 7) is 0. The second kappa shape index (κ2) is 10.7. The third-order valence-electron chi connectivity index (χ3n) is 4.11. The maximum atomic E-state index is 12.0. The van der Waals surface area contributed by atoms with Gasteiger partial charge in [-0.3, -0.25) is 9.59 Å². The van der Waals surface area contributed by atoms with Crippen LogP contribution in [0.15, 0.2) is 48.6 Å². The molecule has 2 aromatic rings. The first-order chi connectivity index (χ1) is 13.9. The Labute approximate surface area is 169 Å². The number of methoxy groups -OCH3 is 2. The standard InChI is InChI=1S/C23H24O6/c1-28-22-13-16(9-11-20(22)26)5-3-7-18(24)15-19(25)8-4-6-17-10-12-21(27)23(14-17)29-2/h3-6,9-14,26-27H,7-8,15H2,1-2H3/b5-3+,6-4+. The SMILES string of the molecule is COc1cc(/C=C/CC(=O)CC(=O)C/C=C/c2ccc(O)c(OC)c2)ccc1O. The van der Waals surface area contributed by atoms with Crippen molar-refractivity contribution in [1.29, 1.82) is 0 Å². The lowest BCUT2D eigenvalue weighted by atomic mass is 10.1. The van der Waals surface area contributed by atoms with Gasteiger partial charge in [0.1, 0.15) is 11.6 Å². The number of hydrogen-bond donors (Lipinski definition) is 2. The number of phenols is 2. The van der Waals surface area contributed by atoms with Gasteiger partial charge in [0.05, 0.1) is 20.6 Å². The molecule has 0 saturated carbocycles. The van der Waals surface area contributed by atoms with Gasteiger partial charge in [0.2, 0.25) is 0 Å². The van der Waals surface area contributed by atoms with Crippen LogP contribution in [0, 0.1) is 0 Å². The van der Waals surface area contributed by atoms with E-state index in [4.69, 9.17) is 9.47 Å². The summed E-state index contributed by atoms with van der Waals surface area (Å²) in [5, 5.41) is 19.1. The molecule has 2 rings (SSSR count). The number of ketones is 2. The maximum absolute atomic E-state index is 12.0. The second-order valence-electron chi connectivity index (χ2n) is 6.33. The Morgan fingerprint density at radius 2 is 1.21 bits per heavy atom. The fourth-order valence-electron chi connectivity index (χ4n) is 2.61. The highest BCUT2D eigenvalue weighted by molar-refractivity contribution is 6.00. The average molecular weight is 396 g/mol. The maximum Gasteiger partial charge on any atom is 0.161 e. The van der Waals surface area contributed by atoms with Crippen LogP contribution < -0.4 is 9.47 Å². The average Bonchev–Trinajstić information content (AvgIpc) is 2.70. The molecule has 0 radical (unpaired) electrons. The highest BCUT2D eigenvalue weighted by Crippen LogP contribution is 2.27. The van der Waals surface area contributed by atoms with Gasteiger partial charge < -0.3 is 19.7 Å². The zero-order valence-electron chi connectivity index (χ0n) is 16.4. The Hall–Kier alpha value is -3.54. The first-order valence-electron chi connectivity index (χ1n) is 9.03. The van der Waals surface area contributed by atoms with Crippen LogP contribution in [0.1, 0.15) is 30.4 Å². The minimum Gasteiger partial charge on any atom is -0.504 e. The van der Waals surface area contributed by atoms with Crippen molar-refractivity contribution in [3.63, 3.8) is 0 Å². The molecule has 152 valence electrons. The number of Topliss-reactive ketones (excluding diaryl/α,β-unsaturated/α-hetero) is 2. The molecule has 0 fully saturated rings. The quantitative estimate of drug-likeness (QED) is 0.586. The number of carbonyl (C=O) groups is 2. The van der Waals surface area contributed by atoms with Crippen LogP contribution in [0.25, 0.3) is 12.2 Å². The summed E-state index contributed by atoms with van der Waals surface area (Å²) < 4.78 is 10.1. The number of allylic oxidation sites excluding steroid dienone is 2. The number of hydrogen-bond acceptors (Lipinski definition) is 6. The van der Waals surface area contributed by atoms with Gasteiger partial charge in [-0.1, -0.05) is 36.4 Å². The molecule has 0 aliphatic rings. The molecule has 0 bridgehead atoms. The van der Waals surface area contributed by atoms with Gasteiger partial charge in [-0.15, -0.1) is 0 Å². The van der Waals surface area contributed by atoms with Crippen molar-refractivity contribution in [3.05, 3.63) is 59.7 Å². The molecule has 0 aliphatic heterocycles. The van der Waals surface area contributed by atoms with E-state index < -0.39 is 0 Å². The molecule has 0 saturated heterocycles. The van der Waals surface area contributed by atoms with Gasteiger partial charge in [0, 0.05) is 12.8 Å². The van der Waals surface area contributed by atoms with Crippen molar-refractivity contribution in [1.82, 2.24) is 0 Å². The molecule has 0 heterocycles. The van der Waals surface area contributed by atoms with Crippen LogP contribution >= 0.6 is 0 Å². The number of phenolic OH excluding ortho intramolecular Hbond substituents is 2.